The smallest absolute Gasteiger partial charge is 0.261 e. The summed E-state index contributed by atoms with van der Waals surface area (Å²) in [5.41, 5.74) is 2.50. The minimum atomic E-state index is -0.745. The molecule has 3 rings (SSSR count). The van der Waals surface area contributed by atoms with Crippen molar-refractivity contribution in [1.82, 2.24) is 10.2 Å². The predicted molar refractivity (Wildman–Crippen MR) is 162 cm³/mol. The van der Waals surface area contributed by atoms with Crippen molar-refractivity contribution in [2.24, 2.45) is 0 Å². The number of carbonyl (C=O) groups excluding carboxylic acids is 2. The van der Waals surface area contributed by atoms with Crippen molar-refractivity contribution in [3.05, 3.63) is 99.0 Å². The highest BCUT2D eigenvalue weighted by atomic mass is 79.9. The normalized spacial score (nSPS) is 12.5. The summed E-state index contributed by atoms with van der Waals surface area (Å²) in [6, 6.07) is 22.2. The van der Waals surface area contributed by atoms with E-state index in [0.717, 1.165) is 21.2 Å². The lowest BCUT2D eigenvalue weighted by Gasteiger charge is -2.33. The van der Waals surface area contributed by atoms with Gasteiger partial charge in [-0.15, -0.1) is 0 Å². The van der Waals surface area contributed by atoms with Crippen molar-refractivity contribution in [1.29, 1.82) is 0 Å². The van der Waals surface area contributed by atoms with Crippen molar-refractivity contribution >= 4 is 39.3 Å². The summed E-state index contributed by atoms with van der Waals surface area (Å²) in [6.45, 7) is 12.2. The van der Waals surface area contributed by atoms with E-state index in [4.69, 9.17) is 16.3 Å². The number of hydrogen-bond donors (Lipinski definition) is 1. The van der Waals surface area contributed by atoms with Gasteiger partial charge in [0.05, 0.1) is 4.47 Å². The Morgan fingerprint density at radius 2 is 1.56 bits per heavy atom. The van der Waals surface area contributed by atoms with Crippen molar-refractivity contribution in [2.45, 2.75) is 71.5 Å². The van der Waals surface area contributed by atoms with E-state index in [1.165, 1.54) is 0 Å². The molecule has 7 heteroatoms. The molecule has 0 fully saturated rings. The molecule has 0 saturated carbocycles. The fourth-order valence-corrected chi connectivity index (χ4v) is 4.72. The summed E-state index contributed by atoms with van der Waals surface area (Å²) in [5, 5.41) is 3.68. The Labute approximate surface area is 246 Å². The van der Waals surface area contributed by atoms with Crippen LogP contribution >= 0.6 is 27.5 Å². The highest BCUT2D eigenvalue weighted by Crippen LogP contribution is 2.31. The molecule has 0 saturated heterocycles. The van der Waals surface area contributed by atoms with Gasteiger partial charge in [-0.2, -0.15) is 0 Å². The maximum absolute atomic E-state index is 13.8. The molecule has 3 aromatic carbocycles. The second kappa shape index (κ2) is 13.0. The number of nitrogens with one attached hydrogen (secondary N) is 1. The molecule has 0 aliphatic rings. The topological polar surface area (TPSA) is 58.6 Å². The van der Waals surface area contributed by atoms with E-state index in [0.29, 0.717) is 17.2 Å². The van der Waals surface area contributed by atoms with Gasteiger partial charge < -0.3 is 15.0 Å². The lowest BCUT2D eigenvalue weighted by atomic mass is 9.87. The molecule has 1 atom stereocenters. The zero-order valence-electron chi connectivity index (χ0n) is 23.6. The minimum absolute atomic E-state index is 0.0165. The Morgan fingerprint density at radius 3 is 2.13 bits per heavy atom. The third-order valence-electron chi connectivity index (χ3n) is 6.18. The highest BCUT2D eigenvalue weighted by molar-refractivity contribution is 9.10. The van der Waals surface area contributed by atoms with Gasteiger partial charge in [-0.05, 0) is 83.1 Å². The summed E-state index contributed by atoms with van der Waals surface area (Å²) in [5.74, 6) is 0.0626. The van der Waals surface area contributed by atoms with Crippen LogP contribution in [0.1, 0.15) is 58.2 Å². The van der Waals surface area contributed by atoms with Crippen LogP contribution in [0.4, 0.5) is 0 Å². The fourth-order valence-electron chi connectivity index (χ4n) is 4.10. The Hall–Kier alpha value is -2.83. The van der Waals surface area contributed by atoms with Crippen molar-refractivity contribution in [3.8, 4) is 5.75 Å². The number of rotatable bonds is 9. The van der Waals surface area contributed by atoms with Crippen LogP contribution in [-0.4, -0.2) is 34.9 Å². The van der Waals surface area contributed by atoms with E-state index in [1.54, 1.807) is 17.0 Å². The van der Waals surface area contributed by atoms with Gasteiger partial charge in [0.1, 0.15) is 11.8 Å². The molecule has 0 aliphatic carbocycles. The van der Waals surface area contributed by atoms with E-state index < -0.39 is 11.6 Å². The van der Waals surface area contributed by atoms with Gasteiger partial charge in [0, 0.05) is 23.5 Å². The number of ether oxygens (including phenoxy) is 1. The molecule has 0 bridgehead atoms. The fraction of sp³-hybridized carbons (Fsp3) is 0.375. The molecule has 0 spiro atoms. The van der Waals surface area contributed by atoms with Crippen LogP contribution < -0.4 is 10.1 Å². The summed E-state index contributed by atoms with van der Waals surface area (Å²) >= 11 is 9.70. The second-order valence-corrected chi connectivity index (χ2v) is 13.1. The van der Waals surface area contributed by atoms with Crippen LogP contribution in [0.3, 0.4) is 0 Å². The lowest BCUT2D eigenvalue weighted by molar-refractivity contribution is -0.143. The first-order chi connectivity index (χ1) is 18.2. The average molecular weight is 614 g/mol. The first-order valence-corrected chi connectivity index (χ1v) is 14.2. The first-order valence-electron chi connectivity index (χ1n) is 13.1. The SMILES string of the molecule is CC(C)(C)NC(=O)[C@@H](Cc1ccccc1)N(Cc1ccc(Cl)cc1)C(=O)COc1ccc(C(C)(C)C)cc1Br. The summed E-state index contributed by atoms with van der Waals surface area (Å²) < 4.78 is 6.77. The van der Waals surface area contributed by atoms with Gasteiger partial charge in [0.2, 0.25) is 5.91 Å². The number of benzene rings is 3. The van der Waals surface area contributed by atoms with Crippen LogP contribution in [0, 0.1) is 0 Å². The van der Waals surface area contributed by atoms with Crippen LogP contribution in [-0.2, 0) is 28.0 Å². The Morgan fingerprint density at radius 1 is 0.923 bits per heavy atom. The third-order valence-corrected chi connectivity index (χ3v) is 7.06. The molecule has 0 aliphatic heterocycles. The maximum Gasteiger partial charge on any atom is 0.261 e. The molecule has 5 nitrogen and oxygen atoms in total. The van der Waals surface area contributed by atoms with Crippen LogP contribution in [0.25, 0.3) is 0 Å². The predicted octanol–water partition coefficient (Wildman–Crippen LogP) is 7.33. The first kappa shape index (κ1) is 30.7. The van der Waals surface area contributed by atoms with Crippen molar-refractivity contribution in [2.75, 3.05) is 6.61 Å². The molecule has 3 aromatic rings. The number of carbonyl (C=O) groups is 2. The molecule has 2 amide bonds. The molecule has 0 heterocycles. The van der Waals surface area contributed by atoms with E-state index in [9.17, 15) is 9.59 Å². The standard InChI is InChI=1S/C32H38BrClN2O3/c1-31(2,3)24-14-17-28(26(33)19-24)39-21-29(37)36(20-23-12-15-25(34)16-13-23)27(30(38)35-32(4,5)6)18-22-10-8-7-9-11-22/h7-17,19,27H,18,20-21H2,1-6H3,(H,35,38)/t27-/m1/s1. The lowest BCUT2D eigenvalue weighted by Crippen LogP contribution is -2.55. The van der Waals surface area contributed by atoms with E-state index in [-0.39, 0.29) is 30.4 Å². The molecular weight excluding hydrogens is 576 g/mol. The van der Waals surface area contributed by atoms with Gasteiger partial charge in [-0.25, -0.2) is 0 Å². The van der Waals surface area contributed by atoms with E-state index in [2.05, 4.69) is 42.0 Å². The zero-order valence-corrected chi connectivity index (χ0v) is 25.9. The van der Waals surface area contributed by atoms with Gasteiger partial charge in [-0.3, -0.25) is 9.59 Å². The van der Waals surface area contributed by atoms with Gasteiger partial charge in [0.15, 0.2) is 6.61 Å². The molecule has 0 radical (unpaired) electrons. The maximum atomic E-state index is 13.8. The van der Waals surface area contributed by atoms with Gasteiger partial charge >= 0.3 is 0 Å². The Bertz CT molecular complexity index is 1270. The largest absolute Gasteiger partial charge is 0.483 e. The van der Waals surface area contributed by atoms with Crippen molar-refractivity contribution < 1.29 is 14.3 Å². The van der Waals surface area contributed by atoms with Crippen LogP contribution in [0.5, 0.6) is 5.75 Å². The van der Waals surface area contributed by atoms with Crippen LogP contribution in [0.15, 0.2) is 77.3 Å². The molecule has 39 heavy (non-hydrogen) atoms. The monoisotopic (exact) mass is 612 g/mol. The molecular formula is C32H38BrClN2O3. The summed E-state index contributed by atoms with van der Waals surface area (Å²) in [4.78, 5) is 29.1. The van der Waals surface area contributed by atoms with E-state index >= 15 is 0 Å². The highest BCUT2D eigenvalue weighted by Gasteiger charge is 2.32. The minimum Gasteiger partial charge on any atom is -0.483 e. The Balaban J connectivity index is 1.92. The molecule has 0 aromatic heterocycles. The number of halogens is 2. The Kier molecular flexibility index (Phi) is 10.2. The number of hydrogen-bond acceptors (Lipinski definition) is 3. The molecule has 208 valence electrons. The zero-order chi connectivity index (χ0) is 28.8. The van der Waals surface area contributed by atoms with Gasteiger partial charge in [-0.1, -0.05) is 80.9 Å². The van der Waals surface area contributed by atoms with Crippen molar-refractivity contribution in [3.63, 3.8) is 0 Å². The van der Waals surface area contributed by atoms with E-state index in [1.807, 2.05) is 81.4 Å². The molecule has 0 unspecified atom stereocenters. The van der Waals surface area contributed by atoms with Crippen LogP contribution in [0.2, 0.25) is 5.02 Å². The second-order valence-electron chi connectivity index (χ2n) is 11.8. The third kappa shape index (κ3) is 9.40. The average Bonchev–Trinajstić information content (AvgIpc) is 2.85. The number of amides is 2. The summed E-state index contributed by atoms with van der Waals surface area (Å²) in [6.07, 6.45) is 0.367. The quantitative estimate of drug-likeness (QED) is 0.275. The van der Waals surface area contributed by atoms with Gasteiger partial charge in [0.25, 0.3) is 5.91 Å². The summed E-state index contributed by atoms with van der Waals surface area (Å²) in [7, 11) is 0. The number of nitrogens with zero attached hydrogens (tertiary/aromatic N) is 1. The molecule has 1 N–H and O–H groups in total.